The zero-order valence-corrected chi connectivity index (χ0v) is 18.4. The molecule has 2 N–H and O–H groups in total. The van der Waals surface area contributed by atoms with Crippen LogP contribution in [0.25, 0.3) is 0 Å². The number of anilines is 1. The third kappa shape index (κ3) is 3.35. The number of rotatable bonds is 2. The predicted molar refractivity (Wildman–Crippen MR) is 117 cm³/mol. The number of nitrogens with one attached hydrogen (secondary N) is 1. The number of phenolic OH excluding ortho intramolecular Hbond substituents is 1. The Kier molecular flexibility index (Phi) is 4.95. The lowest BCUT2D eigenvalue weighted by Crippen LogP contribution is -2.32. The molecule has 0 spiro atoms. The molecule has 0 radical (unpaired) electrons. The van der Waals surface area contributed by atoms with Gasteiger partial charge in [-0.05, 0) is 48.1 Å². The molecule has 164 valence electrons. The molecule has 3 atom stereocenters. The molecule has 2 aromatic carbocycles. The highest BCUT2D eigenvalue weighted by Gasteiger charge is 2.56. The predicted octanol–water partition coefficient (Wildman–Crippen LogP) is 5.33. The van der Waals surface area contributed by atoms with Crippen molar-refractivity contribution in [2.45, 2.75) is 22.4 Å². The highest BCUT2D eigenvalue weighted by Crippen LogP contribution is 2.54. The number of H-pyrrole nitrogens is 1. The van der Waals surface area contributed by atoms with Crippen molar-refractivity contribution in [3.05, 3.63) is 68.5 Å². The van der Waals surface area contributed by atoms with E-state index in [1.54, 1.807) is 12.1 Å². The topological polar surface area (TPSA) is 73.4 Å². The number of hydrogen-bond acceptors (Lipinski definition) is 6. The van der Waals surface area contributed by atoms with Gasteiger partial charge >= 0.3 is 6.18 Å². The first kappa shape index (κ1) is 21.2. The molecular formula is C21H13F3N2O3S3. The summed E-state index contributed by atoms with van der Waals surface area (Å²) in [5.41, 5.74) is -0.335. The molecule has 2 aliphatic heterocycles. The van der Waals surface area contributed by atoms with Crippen LogP contribution in [0.4, 0.5) is 18.9 Å². The highest BCUT2D eigenvalue weighted by atomic mass is 32.2. The number of benzene rings is 2. The van der Waals surface area contributed by atoms with E-state index in [0.717, 1.165) is 21.9 Å². The first-order chi connectivity index (χ1) is 15.1. The van der Waals surface area contributed by atoms with Crippen LogP contribution in [0.2, 0.25) is 0 Å². The molecule has 0 saturated carbocycles. The number of aromatic amines is 1. The van der Waals surface area contributed by atoms with E-state index in [2.05, 4.69) is 4.98 Å². The van der Waals surface area contributed by atoms with E-state index in [-0.39, 0.29) is 11.4 Å². The molecule has 1 aromatic heterocycles. The molecule has 3 aromatic rings. The summed E-state index contributed by atoms with van der Waals surface area (Å²) in [7, 11) is 0. The summed E-state index contributed by atoms with van der Waals surface area (Å²) in [6.45, 7) is 0. The van der Waals surface area contributed by atoms with Crippen LogP contribution in [0, 0.1) is 9.87 Å². The monoisotopic (exact) mass is 494 g/mol. The van der Waals surface area contributed by atoms with Crippen LogP contribution in [-0.2, 0) is 15.8 Å². The lowest BCUT2D eigenvalue weighted by molar-refractivity contribution is -0.137. The fourth-order valence-corrected chi connectivity index (χ4v) is 7.09. The Labute approximate surface area is 192 Å². The fourth-order valence-electron chi connectivity index (χ4n) is 4.13. The number of nitrogens with zero attached hydrogens (tertiary/aromatic N) is 1. The van der Waals surface area contributed by atoms with Crippen LogP contribution >= 0.6 is 35.3 Å². The zero-order chi connectivity index (χ0) is 22.8. The second kappa shape index (κ2) is 7.46. The summed E-state index contributed by atoms with van der Waals surface area (Å²) in [5.74, 6) is -2.42. The molecule has 5 rings (SSSR count). The number of hydrogen-bond donors (Lipinski definition) is 2. The summed E-state index contributed by atoms with van der Waals surface area (Å²) >= 11 is 7.74. The van der Waals surface area contributed by atoms with Gasteiger partial charge in [0, 0.05) is 10.8 Å². The molecule has 1 fully saturated rings. The van der Waals surface area contributed by atoms with Crippen molar-refractivity contribution in [3.8, 4) is 5.75 Å². The quantitative estimate of drug-likeness (QED) is 0.372. The van der Waals surface area contributed by atoms with Gasteiger partial charge in [0.25, 0.3) is 0 Å². The zero-order valence-electron chi connectivity index (χ0n) is 15.9. The Morgan fingerprint density at radius 3 is 2.47 bits per heavy atom. The SMILES string of the molecule is O=C1C2Sc3[nH]c(=S)sc3C(c3ccc(O)cc3)C2C(=O)N1c1cccc(C(F)(F)F)c1. The molecular weight excluding hydrogens is 481 g/mol. The largest absolute Gasteiger partial charge is 0.508 e. The molecule has 3 heterocycles. The maximum atomic E-state index is 13.5. The van der Waals surface area contributed by atoms with Crippen molar-refractivity contribution < 1.29 is 27.9 Å². The molecule has 0 aliphatic carbocycles. The molecule has 3 unspecified atom stereocenters. The van der Waals surface area contributed by atoms with Crippen molar-refractivity contribution in [2.24, 2.45) is 5.92 Å². The minimum absolute atomic E-state index is 0.0526. The van der Waals surface area contributed by atoms with Gasteiger partial charge < -0.3 is 10.1 Å². The van der Waals surface area contributed by atoms with Gasteiger partial charge in [0.2, 0.25) is 11.8 Å². The molecule has 1 saturated heterocycles. The van der Waals surface area contributed by atoms with Crippen LogP contribution in [0.15, 0.2) is 53.6 Å². The van der Waals surface area contributed by atoms with E-state index in [1.807, 2.05) is 0 Å². The van der Waals surface area contributed by atoms with Crippen molar-refractivity contribution in [2.75, 3.05) is 4.90 Å². The van der Waals surface area contributed by atoms with Crippen molar-refractivity contribution in [1.29, 1.82) is 0 Å². The maximum Gasteiger partial charge on any atom is 0.416 e. The van der Waals surface area contributed by atoms with E-state index >= 15 is 0 Å². The first-order valence-electron chi connectivity index (χ1n) is 9.39. The highest BCUT2D eigenvalue weighted by molar-refractivity contribution is 8.01. The number of carbonyl (C=O) groups is 2. The van der Waals surface area contributed by atoms with Gasteiger partial charge in [0.05, 0.1) is 22.2 Å². The van der Waals surface area contributed by atoms with Gasteiger partial charge in [-0.3, -0.25) is 9.59 Å². The Balaban J connectivity index is 1.62. The Morgan fingerprint density at radius 2 is 1.78 bits per heavy atom. The van der Waals surface area contributed by atoms with Gasteiger partial charge in [0.15, 0.2) is 3.95 Å². The third-order valence-electron chi connectivity index (χ3n) is 5.51. The minimum Gasteiger partial charge on any atom is -0.508 e. The Hall–Kier alpha value is -2.63. The van der Waals surface area contributed by atoms with E-state index in [4.69, 9.17) is 12.2 Å². The number of carbonyl (C=O) groups excluding carboxylic acids is 2. The maximum absolute atomic E-state index is 13.5. The molecule has 2 amide bonds. The van der Waals surface area contributed by atoms with Crippen molar-refractivity contribution >= 4 is 52.8 Å². The van der Waals surface area contributed by atoms with Crippen molar-refractivity contribution in [1.82, 2.24) is 4.98 Å². The fraction of sp³-hybridized carbons (Fsp3) is 0.190. The summed E-state index contributed by atoms with van der Waals surface area (Å²) in [6.07, 6.45) is -4.60. The molecule has 32 heavy (non-hydrogen) atoms. The second-order valence-corrected chi connectivity index (χ2v) is 10.3. The van der Waals surface area contributed by atoms with E-state index < -0.39 is 40.6 Å². The summed E-state index contributed by atoms with van der Waals surface area (Å²) in [5, 5.41) is 9.53. The summed E-state index contributed by atoms with van der Waals surface area (Å²) < 4.78 is 40.1. The average Bonchev–Trinajstić information content (AvgIpc) is 3.23. The van der Waals surface area contributed by atoms with Gasteiger partial charge in [-0.1, -0.05) is 30.0 Å². The number of halogens is 3. The third-order valence-corrected chi connectivity index (χ3v) is 8.26. The molecule has 2 aliphatic rings. The average molecular weight is 495 g/mol. The number of aromatic nitrogens is 1. The van der Waals surface area contributed by atoms with Crippen LogP contribution in [0.3, 0.4) is 0 Å². The lowest BCUT2D eigenvalue weighted by Gasteiger charge is -2.29. The molecule has 0 bridgehead atoms. The summed E-state index contributed by atoms with van der Waals surface area (Å²) in [4.78, 5) is 31.5. The number of fused-ring (bicyclic) bond motifs is 2. The Morgan fingerprint density at radius 1 is 1.06 bits per heavy atom. The molecule has 5 nitrogen and oxygen atoms in total. The number of phenols is 1. The van der Waals surface area contributed by atoms with Crippen LogP contribution in [0.1, 0.15) is 21.9 Å². The number of thiazole rings is 1. The first-order valence-corrected chi connectivity index (χ1v) is 11.5. The van der Waals surface area contributed by atoms with Gasteiger partial charge in [-0.15, -0.1) is 11.3 Å². The lowest BCUT2D eigenvalue weighted by atomic mass is 9.83. The Bertz CT molecular complexity index is 1300. The van der Waals surface area contributed by atoms with Crippen LogP contribution in [-0.4, -0.2) is 27.2 Å². The van der Waals surface area contributed by atoms with Gasteiger partial charge in [-0.25, -0.2) is 4.90 Å². The number of imide groups is 1. The van der Waals surface area contributed by atoms with Gasteiger partial charge in [0.1, 0.15) is 11.0 Å². The standard InChI is InChI=1S/C21H13F3N2O3S3/c22-21(23,24)10-2-1-3-11(8-10)26-18(28)14-13(9-4-6-12(27)7-5-9)15-17(25-20(30)32-15)31-16(14)19(26)29/h1-8,13-14,16,27H,(H,25,30). The smallest absolute Gasteiger partial charge is 0.416 e. The number of aromatic hydroxyl groups is 1. The van der Waals surface area contributed by atoms with Crippen LogP contribution in [0.5, 0.6) is 5.75 Å². The van der Waals surface area contributed by atoms with Crippen LogP contribution < -0.4 is 4.90 Å². The van der Waals surface area contributed by atoms with Crippen molar-refractivity contribution in [3.63, 3.8) is 0 Å². The van der Waals surface area contributed by atoms with E-state index in [0.29, 0.717) is 14.5 Å². The van der Waals surface area contributed by atoms with E-state index in [1.165, 1.54) is 47.4 Å². The number of alkyl halides is 3. The minimum atomic E-state index is -4.60. The number of thioether (sulfide) groups is 1. The normalized spacial score (nSPS) is 22.7. The van der Waals surface area contributed by atoms with E-state index in [9.17, 15) is 27.9 Å². The summed E-state index contributed by atoms with van der Waals surface area (Å²) in [6, 6.07) is 10.5. The van der Waals surface area contributed by atoms with Gasteiger partial charge in [-0.2, -0.15) is 13.2 Å². The molecule has 11 heteroatoms. The number of amides is 2. The second-order valence-electron chi connectivity index (χ2n) is 7.40.